The van der Waals surface area contributed by atoms with Crippen molar-refractivity contribution in [2.45, 2.75) is 12.7 Å². The molecule has 2 rings (SSSR count). The normalized spacial score (nSPS) is 11.7. The topological polar surface area (TPSA) is 37.8 Å². The van der Waals surface area contributed by atoms with Crippen molar-refractivity contribution in [3.63, 3.8) is 0 Å². The Morgan fingerprint density at radius 1 is 1.38 bits per heavy atom. The van der Waals surface area contributed by atoms with Crippen molar-refractivity contribution in [2.24, 2.45) is 0 Å². The summed E-state index contributed by atoms with van der Waals surface area (Å²) < 4.78 is 39.7. The molecule has 0 aliphatic carbocycles. The monoisotopic (exact) mass is 265 g/mol. The van der Waals surface area contributed by atoms with Gasteiger partial charge in [0.05, 0.1) is 0 Å². The highest BCUT2D eigenvalue weighted by atomic mass is 32.1. The molecule has 0 fully saturated rings. The van der Waals surface area contributed by atoms with Crippen LogP contribution in [0.5, 0.6) is 0 Å². The molecule has 0 aromatic carbocycles. The van der Waals surface area contributed by atoms with E-state index < -0.39 is 12.0 Å². The van der Waals surface area contributed by atoms with E-state index in [1.807, 2.05) is 16.8 Å². The Kier molecular flexibility index (Phi) is 3.10. The average molecular weight is 265 g/mol. The molecule has 2 heterocycles. The van der Waals surface area contributed by atoms with Crippen LogP contribution in [0.15, 0.2) is 16.8 Å². The van der Waals surface area contributed by atoms with Crippen LogP contribution in [0.4, 0.5) is 18.3 Å². The standard InChI is InChI=1S/C8H6F3N3S2/c9-8(10,11)6-13-7(16-14-6)12-3-5-1-2-15-4-5/h1-2,4H,3H2,(H,12,13,14). The van der Waals surface area contributed by atoms with Crippen LogP contribution >= 0.6 is 22.9 Å². The quantitative estimate of drug-likeness (QED) is 0.925. The molecule has 1 N–H and O–H groups in total. The van der Waals surface area contributed by atoms with Crippen molar-refractivity contribution in [2.75, 3.05) is 5.32 Å². The van der Waals surface area contributed by atoms with Gasteiger partial charge >= 0.3 is 6.18 Å². The zero-order valence-corrected chi connectivity index (χ0v) is 9.42. The Morgan fingerprint density at radius 2 is 2.19 bits per heavy atom. The van der Waals surface area contributed by atoms with Crippen LogP contribution in [0.2, 0.25) is 0 Å². The smallest absolute Gasteiger partial charge is 0.356 e. The largest absolute Gasteiger partial charge is 0.452 e. The SMILES string of the molecule is FC(F)(F)c1nsc(NCc2ccsc2)n1. The first-order valence-electron chi connectivity index (χ1n) is 4.21. The maximum absolute atomic E-state index is 12.2. The summed E-state index contributed by atoms with van der Waals surface area (Å²) in [5, 5.41) is 6.79. The Labute approximate surface area is 97.1 Å². The van der Waals surface area contributed by atoms with Crippen molar-refractivity contribution < 1.29 is 13.2 Å². The summed E-state index contributed by atoms with van der Waals surface area (Å²) in [7, 11) is 0. The van der Waals surface area contributed by atoms with Gasteiger partial charge in [-0.3, -0.25) is 0 Å². The van der Waals surface area contributed by atoms with Gasteiger partial charge in [0.2, 0.25) is 11.0 Å². The number of thiophene rings is 1. The van der Waals surface area contributed by atoms with E-state index in [2.05, 4.69) is 14.7 Å². The zero-order valence-electron chi connectivity index (χ0n) is 7.78. The molecule has 0 bridgehead atoms. The molecule has 86 valence electrons. The van der Waals surface area contributed by atoms with Gasteiger partial charge in [-0.15, -0.1) is 0 Å². The fourth-order valence-electron chi connectivity index (χ4n) is 0.981. The Balaban J connectivity index is 1.98. The number of aromatic nitrogens is 2. The van der Waals surface area contributed by atoms with Crippen molar-refractivity contribution in [3.05, 3.63) is 28.2 Å². The lowest BCUT2D eigenvalue weighted by atomic mass is 10.3. The van der Waals surface area contributed by atoms with Gasteiger partial charge in [0, 0.05) is 18.1 Å². The van der Waals surface area contributed by atoms with Crippen LogP contribution in [0.25, 0.3) is 0 Å². The number of hydrogen-bond acceptors (Lipinski definition) is 5. The molecule has 0 radical (unpaired) electrons. The van der Waals surface area contributed by atoms with Crippen LogP contribution in [0.1, 0.15) is 11.4 Å². The predicted octanol–water partition coefficient (Wildman–Crippen LogP) is 3.23. The van der Waals surface area contributed by atoms with E-state index in [0.29, 0.717) is 18.1 Å². The van der Waals surface area contributed by atoms with Gasteiger partial charge in [0.15, 0.2) is 0 Å². The van der Waals surface area contributed by atoms with E-state index in [-0.39, 0.29) is 5.13 Å². The van der Waals surface area contributed by atoms with E-state index in [4.69, 9.17) is 0 Å². The first-order valence-corrected chi connectivity index (χ1v) is 5.93. The van der Waals surface area contributed by atoms with Crippen LogP contribution in [0.3, 0.4) is 0 Å². The lowest BCUT2D eigenvalue weighted by Gasteiger charge is -1.99. The van der Waals surface area contributed by atoms with Crippen LogP contribution in [-0.4, -0.2) is 9.36 Å². The predicted molar refractivity (Wildman–Crippen MR) is 56.6 cm³/mol. The number of nitrogens with one attached hydrogen (secondary N) is 1. The zero-order chi connectivity index (χ0) is 11.6. The highest BCUT2D eigenvalue weighted by Gasteiger charge is 2.36. The molecule has 0 saturated carbocycles. The first kappa shape index (κ1) is 11.3. The van der Waals surface area contributed by atoms with E-state index in [0.717, 1.165) is 5.56 Å². The molecule has 0 amide bonds. The molecular formula is C8H6F3N3S2. The van der Waals surface area contributed by atoms with Gasteiger partial charge in [-0.25, -0.2) is 0 Å². The number of nitrogens with zero attached hydrogens (tertiary/aromatic N) is 2. The molecule has 2 aromatic rings. The maximum Gasteiger partial charge on any atom is 0.452 e. The summed E-state index contributed by atoms with van der Waals surface area (Å²) in [5.41, 5.74) is 1.01. The molecule has 3 nitrogen and oxygen atoms in total. The number of rotatable bonds is 3. The molecule has 2 aromatic heterocycles. The molecule has 8 heteroatoms. The van der Waals surface area contributed by atoms with E-state index >= 15 is 0 Å². The molecule has 0 aliphatic heterocycles. The third kappa shape index (κ3) is 2.70. The highest BCUT2D eigenvalue weighted by molar-refractivity contribution is 7.09. The Morgan fingerprint density at radius 3 is 2.75 bits per heavy atom. The third-order valence-electron chi connectivity index (χ3n) is 1.70. The van der Waals surface area contributed by atoms with E-state index in [1.54, 1.807) is 0 Å². The Hall–Kier alpha value is -1.15. The number of halogens is 3. The summed E-state index contributed by atoms with van der Waals surface area (Å²) in [6.07, 6.45) is -4.47. The minimum absolute atomic E-state index is 0.179. The summed E-state index contributed by atoms with van der Waals surface area (Å²) >= 11 is 2.24. The highest BCUT2D eigenvalue weighted by Crippen LogP contribution is 2.29. The molecular weight excluding hydrogens is 259 g/mol. The summed E-state index contributed by atoms with van der Waals surface area (Å²) in [4.78, 5) is 3.36. The van der Waals surface area contributed by atoms with Crippen molar-refractivity contribution in [1.29, 1.82) is 0 Å². The Bertz CT molecular complexity index is 449. The molecule has 0 saturated heterocycles. The number of anilines is 1. The van der Waals surface area contributed by atoms with Gasteiger partial charge in [-0.2, -0.15) is 33.9 Å². The second-order valence-corrected chi connectivity index (χ2v) is 4.44. The van der Waals surface area contributed by atoms with Gasteiger partial charge in [-0.1, -0.05) is 0 Å². The minimum atomic E-state index is -4.47. The molecule has 16 heavy (non-hydrogen) atoms. The third-order valence-corrected chi connectivity index (χ3v) is 3.11. The fraction of sp³-hybridized carbons (Fsp3) is 0.250. The fourth-order valence-corrected chi connectivity index (χ4v) is 2.23. The summed E-state index contributed by atoms with van der Waals surface area (Å²) in [6, 6.07) is 1.89. The van der Waals surface area contributed by atoms with Gasteiger partial charge in [0.1, 0.15) is 0 Å². The number of hydrogen-bond donors (Lipinski definition) is 1. The van der Waals surface area contributed by atoms with Gasteiger partial charge in [-0.05, 0) is 22.4 Å². The van der Waals surface area contributed by atoms with Crippen LogP contribution in [-0.2, 0) is 12.7 Å². The molecule has 0 spiro atoms. The average Bonchev–Trinajstić information content (AvgIpc) is 2.85. The second-order valence-electron chi connectivity index (χ2n) is 2.91. The first-order chi connectivity index (χ1) is 7.55. The van der Waals surface area contributed by atoms with Crippen LogP contribution in [0, 0.1) is 0 Å². The minimum Gasteiger partial charge on any atom is -0.356 e. The molecule has 0 atom stereocenters. The van der Waals surface area contributed by atoms with Crippen LogP contribution < -0.4 is 5.32 Å². The summed E-state index contributed by atoms with van der Waals surface area (Å²) in [5.74, 6) is -1.09. The molecule has 0 unspecified atom stereocenters. The van der Waals surface area contributed by atoms with E-state index in [9.17, 15) is 13.2 Å². The van der Waals surface area contributed by atoms with Gasteiger partial charge in [0.25, 0.3) is 0 Å². The van der Waals surface area contributed by atoms with E-state index in [1.165, 1.54) is 11.3 Å². The lowest BCUT2D eigenvalue weighted by molar-refractivity contribution is -0.144. The van der Waals surface area contributed by atoms with Crippen molar-refractivity contribution >= 4 is 28.0 Å². The van der Waals surface area contributed by atoms with Gasteiger partial charge < -0.3 is 5.32 Å². The lowest BCUT2D eigenvalue weighted by Crippen LogP contribution is -2.07. The molecule has 0 aliphatic rings. The van der Waals surface area contributed by atoms with Crippen molar-refractivity contribution in [3.8, 4) is 0 Å². The number of alkyl halides is 3. The van der Waals surface area contributed by atoms with Crippen molar-refractivity contribution in [1.82, 2.24) is 9.36 Å². The summed E-state index contributed by atoms with van der Waals surface area (Å²) in [6.45, 7) is 0.454. The second kappa shape index (κ2) is 4.38. The maximum atomic E-state index is 12.2.